The zero-order valence-corrected chi connectivity index (χ0v) is 12.3. The Hall–Kier alpha value is -0.757. The maximum Gasteiger partial charge on any atom is 0.0435 e. The van der Waals surface area contributed by atoms with E-state index in [0.717, 1.165) is 17.1 Å². The van der Waals surface area contributed by atoms with Gasteiger partial charge in [0.25, 0.3) is 0 Å². The average Bonchev–Trinajstić information content (AvgIpc) is 2.70. The number of fused-ring (bicyclic) bond motifs is 1. The minimum Gasteiger partial charge on any atom is -0.391 e. The van der Waals surface area contributed by atoms with E-state index in [2.05, 4.69) is 40.6 Å². The summed E-state index contributed by atoms with van der Waals surface area (Å²) in [6, 6.07) is 4.26. The van der Waals surface area contributed by atoms with Crippen molar-refractivity contribution in [1.82, 2.24) is 5.32 Å². The topological polar surface area (TPSA) is 36.1 Å². The maximum atomic E-state index is 3.21. The summed E-state index contributed by atoms with van der Waals surface area (Å²) in [5.41, 5.74) is 5.92. The Labute approximate surface area is 116 Å². The van der Waals surface area contributed by atoms with Crippen molar-refractivity contribution in [3.8, 4) is 0 Å². The number of hydrogen-bond donors (Lipinski definition) is 3. The molecule has 2 rings (SSSR count). The first kappa shape index (κ1) is 13.3. The predicted molar refractivity (Wildman–Crippen MR) is 66.0 cm³/mol. The van der Waals surface area contributed by atoms with Gasteiger partial charge in [0.1, 0.15) is 0 Å². The molecule has 0 aromatic heterocycles. The molecule has 1 aliphatic rings. The molecule has 0 amide bonds. The number of nitrogens with one attached hydrogen (secondary N) is 3. The van der Waals surface area contributed by atoms with Crippen molar-refractivity contribution in [2.45, 2.75) is 0 Å². The summed E-state index contributed by atoms with van der Waals surface area (Å²) in [7, 11) is 5.81. The fraction of sp³-hybridized carbons (Fsp3) is 0.250. The van der Waals surface area contributed by atoms with E-state index in [0.29, 0.717) is 0 Å². The first-order chi connectivity index (χ1) is 7.28. The molecule has 1 aromatic carbocycles. The van der Waals surface area contributed by atoms with Gasteiger partial charge in [0.15, 0.2) is 0 Å². The molecule has 0 spiro atoms. The average molecular weight is 294 g/mol. The Kier molecular flexibility index (Phi) is 4.60. The smallest absolute Gasteiger partial charge is 0.0435 e. The molecule has 1 aromatic rings. The van der Waals surface area contributed by atoms with E-state index in [1.807, 2.05) is 21.1 Å². The Morgan fingerprint density at radius 3 is 2.25 bits per heavy atom. The van der Waals surface area contributed by atoms with Gasteiger partial charge in [0.2, 0.25) is 0 Å². The molecule has 83 valence electrons. The van der Waals surface area contributed by atoms with Gasteiger partial charge >= 0.3 is 0 Å². The van der Waals surface area contributed by atoms with Crippen LogP contribution in [0.15, 0.2) is 17.8 Å². The summed E-state index contributed by atoms with van der Waals surface area (Å²) in [4.78, 5) is 0. The molecule has 0 bridgehead atoms. The molecule has 0 fully saturated rings. The fourth-order valence-corrected chi connectivity index (χ4v) is 1.82. The first-order valence-corrected chi connectivity index (χ1v) is 5.06. The molecule has 0 unspecified atom stereocenters. The second-order valence-corrected chi connectivity index (χ2v) is 3.52. The van der Waals surface area contributed by atoms with E-state index in [4.69, 9.17) is 0 Å². The van der Waals surface area contributed by atoms with Crippen LogP contribution in [0, 0.1) is 6.42 Å². The third kappa shape index (κ3) is 2.32. The zero-order chi connectivity index (χ0) is 10.8. The quantitative estimate of drug-likeness (QED) is 0.796. The molecule has 0 atom stereocenters. The van der Waals surface area contributed by atoms with Crippen molar-refractivity contribution in [1.29, 1.82) is 0 Å². The molecule has 16 heavy (non-hydrogen) atoms. The Morgan fingerprint density at radius 2 is 1.69 bits per heavy atom. The third-order valence-electron chi connectivity index (χ3n) is 2.67. The molecule has 0 heterocycles. The summed E-state index contributed by atoms with van der Waals surface area (Å²) in [5.74, 6) is 0. The fourth-order valence-electron chi connectivity index (χ4n) is 1.82. The van der Waals surface area contributed by atoms with Gasteiger partial charge in [-0.2, -0.15) is 0 Å². The number of benzene rings is 1. The first-order valence-electron chi connectivity index (χ1n) is 5.06. The van der Waals surface area contributed by atoms with E-state index in [1.165, 1.54) is 11.1 Å². The van der Waals surface area contributed by atoms with Crippen LogP contribution in [0.5, 0.6) is 0 Å². The Balaban J connectivity index is 0.00000128. The SMILES string of the molecule is CNC1=Cc2c(cc(NC)cc2NC)[CH]1.[Zr]. The van der Waals surface area contributed by atoms with Crippen molar-refractivity contribution in [2.24, 2.45) is 0 Å². The predicted octanol–water partition coefficient (Wildman–Crippen LogP) is 1.89. The molecule has 3 nitrogen and oxygen atoms in total. The van der Waals surface area contributed by atoms with Gasteiger partial charge in [0, 0.05) is 76.4 Å². The summed E-state index contributed by atoms with van der Waals surface area (Å²) in [6.07, 6.45) is 4.30. The molecule has 4 heteroatoms. The second kappa shape index (κ2) is 5.54. The van der Waals surface area contributed by atoms with Gasteiger partial charge in [-0.25, -0.2) is 0 Å². The number of likely N-dealkylation sites (N-methyl/N-ethyl adjacent to an activating group) is 1. The molecule has 1 radical (unpaired) electrons. The van der Waals surface area contributed by atoms with E-state index in [9.17, 15) is 0 Å². The van der Waals surface area contributed by atoms with Crippen molar-refractivity contribution < 1.29 is 26.2 Å². The van der Waals surface area contributed by atoms with Gasteiger partial charge in [0.05, 0.1) is 0 Å². The molecular formula is C12H16N3Zr. The largest absolute Gasteiger partial charge is 0.391 e. The molecular weight excluding hydrogens is 277 g/mol. The van der Waals surface area contributed by atoms with E-state index >= 15 is 0 Å². The number of hydrogen-bond acceptors (Lipinski definition) is 3. The van der Waals surface area contributed by atoms with Crippen LogP contribution in [0.3, 0.4) is 0 Å². The van der Waals surface area contributed by atoms with E-state index in [-0.39, 0.29) is 26.2 Å². The molecule has 0 saturated heterocycles. The van der Waals surface area contributed by atoms with Gasteiger partial charge in [-0.05, 0) is 23.8 Å². The monoisotopic (exact) mass is 292 g/mol. The standard InChI is InChI=1S/C12H16N3.Zr/c1-13-9-4-8-5-10(14-2)7-12(15-3)11(8)6-9;/h4-7,13-15H,1-3H3;. The van der Waals surface area contributed by atoms with Gasteiger partial charge in [-0.15, -0.1) is 0 Å². The molecule has 0 saturated carbocycles. The van der Waals surface area contributed by atoms with Crippen LogP contribution in [0.1, 0.15) is 11.1 Å². The van der Waals surface area contributed by atoms with Crippen LogP contribution in [-0.4, -0.2) is 21.1 Å². The van der Waals surface area contributed by atoms with Gasteiger partial charge in [-0.1, -0.05) is 0 Å². The Morgan fingerprint density at radius 1 is 0.938 bits per heavy atom. The summed E-state index contributed by atoms with van der Waals surface area (Å²) < 4.78 is 0. The van der Waals surface area contributed by atoms with Crippen molar-refractivity contribution in [2.75, 3.05) is 31.8 Å². The van der Waals surface area contributed by atoms with E-state index in [1.54, 1.807) is 0 Å². The van der Waals surface area contributed by atoms with Gasteiger partial charge in [-0.3, -0.25) is 0 Å². The van der Waals surface area contributed by atoms with Crippen LogP contribution in [-0.2, 0) is 26.2 Å². The molecule has 0 aliphatic heterocycles. The molecule has 1 aliphatic carbocycles. The van der Waals surface area contributed by atoms with Gasteiger partial charge < -0.3 is 16.0 Å². The van der Waals surface area contributed by atoms with Crippen LogP contribution in [0.2, 0.25) is 0 Å². The van der Waals surface area contributed by atoms with Crippen molar-refractivity contribution in [3.05, 3.63) is 35.4 Å². The normalized spacial score (nSPS) is 12.3. The number of anilines is 2. The second-order valence-electron chi connectivity index (χ2n) is 3.52. The van der Waals surface area contributed by atoms with Crippen LogP contribution in [0.4, 0.5) is 11.4 Å². The third-order valence-corrected chi connectivity index (χ3v) is 2.67. The summed E-state index contributed by atoms with van der Waals surface area (Å²) >= 11 is 0. The minimum atomic E-state index is 0. The maximum absolute atomic E-state index is 3.21. The zero-order valence-electron chi connectivity index (χ0n) is 9.81. The van der Waals surface area contributed by atoms with Crippen LogP contribution < -0.4 is 16.0 Å². The number of allylic oxidation sites excluding steroid dienone is 1. The number of rotatable bonds is 3. The van der Waals surface area contributed by atoms with Crippen LogP contribution in [0.25, 0.3) is 6.08 Å². The van der Waals surface area contributed by atoms with E-state index < -0.39 is 0 Å². The summed E-state index contributed by atoms with van der Waals surface area (Å²) in [6.45, 7) is 0. The van der Waals surface area contributed by atoms with Crippen molar-refractivity contribution in [3.63, 3.8) is 0 Å². The van der Waals surface area contributed by atoms with Crippen molar-refractivity contribution >= 4 is 17.5 Å². The van der Waals surface area contributed by atoms with Crippen LogP contribution >= 0.6 is 0 Å². The summed E-state index contributed by atoms with van der Waals surface area (Å²) in [5, 5.41) is 9.53. The minimum absolute atomic E-state index is 0. The Bertz CT molecular complexity index is 413. The molecule has 3 N–H and O–H groups in total.